The molecule has 0 unspecified atom stereocenters. The first-order chi connectivity index (χ1) is 20.7. The van der Waals surface area contributed by atoms with Crippen LogP contribution in [0, 0.1) is 29.9 Å². The fourth-order valence-electron chi connectivity index (χ4n) is 5.25. The molecule has 0 radical (unpaired) electrons. The molecule has 44 heavy (non-hydrogen) atoms. The maximum Gasteiger partial charge on any atom is 0.407 e. The molecule has 1 amide bonds. The Bertz CT molecular complexity index is 1880. The fourth-order valence-corrected chi connectivity index (χ4v) is 6.63. The van der Waals surface area contributed by atoms with E-state index in [1.165, 1.54) is 24.4 Å². The number of amides is 1. The molecule has 0 spiro atoms. The van der Waals surface area contributed by atoms with Gasteiger partial charge in [-0.05, 0) is 77.6 Å². The monoisotopic (exact) mass is 622 g/mol. The lowest BCUT2D eigenvalue weighted by molar-refractivity contribution is 0.0492. The number of nitriles is 1. The van der Waals surface area contributed by atoms with Crippen LogP contribution in [0.4, 0.5) is 19.4 Å². The van der Waals surface area contributed by atoms with Gasteiger partial charge in [0.05, 0.1) is 22.7 Å². The summed E-state index contributed by atoms with van der Waals surface area (Å²) in [4.78, 5) is 20.7. The van der Waals surface area contributed by atoms with E-state index in [1.54, 1.807) is 32.9 Å². The van der Waals surface area contributed by atoms with E-state index in [0.29, 0.717) is 12.8 Å². The third kappa shape index (κ3) is 6.50. The molecular weight excluding hydrogens is 590 g/mol. The summed E-state index contributed by atoms with van der Waals surface area (Å²) in [6.07, 6.45) is 4.28. The van der Waals surface area contributed by atoms with E-state index in [4.69, 9.17) is 4.74 Å². The van der Waals surface area contributed by atoms with Gasteiger partial charge in [-0.15, -0.1) is 0 Å². The first kappa shape index (κ1) is 30.9. The molecule has 1 fully saturated rings. The van der Waals surface area contributed by atoms with Crippen LogP contribution >= 0.6 is 0 Å². The van der Waals surface area contributed by atoms with Crippen molar-refractivity contribution >= 4 is 32.8 Å². The van der Waals surface area contributed by atoms with E-state index in [2.05, 4.69) is 20.6 Å². The van der Waals surface area contributed by atoms with E-state index in [1.807, 2.05) is 13.0 Å². The lowest BCUT2D eigenvalue weighted by Gasteiger charge is -2.31. The summed E-state index contributed by atoms with van der Waals surface area (Å²) < 4.78 is 63.9. The van der Waals surface area contributed by atoms with Gasteiger partial charge in [0, 0.05) is 29.2 Å². The van der Waals surface area contributed by atoms with E-state index in [0.717, 1.165) is 34.6 Å². The molecule has 0 bridgehead atoms. The van der Waals surface area contributed by atoms with E-state index < -0.39 is 33.4 Å². The largest absolute Gasteiger partial charge is 0.444 e. The van der Waals surface area contributed by atoms with Crippen LogP contribution in [-0.2, 0) is 14.8 Å². The van der Waals surface area contributed by atoms with Crippen molar-refractivity contribution in [2.45, 2.75) is 76.0 Å². The molecular formula is C31H32F2N6O4S. The lowest BCUT2D eigenvalue weighted by atomic mass is 9.91. The minimum Gasteiger partial charge on any atom is -0.444 e. The number of ether oxygens (including phenoxy) is 1. The number of carbonyl (C=O) groups is 1. The van der Waals surface area contributed by atoms with Gasteiger partial charge in [-0.25, -0.2) is 35.9 Å². The molecule has 2 heterocycles. The Labute approximate surface area is 254 Å². The van der Waals surface area contributed by atoms with Gasteiger partial charge in [-0.1, -0.05) is 17.7 Å². The molecule has 2 aromatic carbocycles. The Kier molecular flexibility index (Phi) is 8.31. The van der Waals surface area contributed by atoms with Gasteiger partial charge in [-0.2, -0.15) is 5.26 Å². The molecule has 2 N–H and O–H groups in total. The number of nitrogens with one attached hydrogen (secondary N) is 2. The van der Waals surface area contributed by atoms with Crippen LogP contribution in [0.25, 0.3) is 22.3 Å². The minimum absolute atomic E-state index is 0.0343. The molecule has 2 atom stereocenters. The van der Waals surface area contributed by atoms with Gasteiger partial charge in [0.15, 0.2) is 17.5 Å². The summed E-state index contributed by atoms with van der Waals surface area (Å²) in [5.74, 6) is -1.86. The number of aromatic nitrogens is 3. The van der Waals surface area contributed by atoms with Crippen LogP contribution in [0.15, 0.2) is 53.7 Å². The Hall–Kier alpha value is -4.57. The maximum absolute atomic E-state index is 15.4. The number of carbonyl (C=O) groups excluding carboxylic acids is 1. The molecule has 0 saturated heterocycles. The fraction of sp³-hybridized carbons (Fsp3) is 0.355. The lowest BCUT2D eigenvalue weighted by Crippen LogP contribution is -2.44. The highest BCUT2D eigenvalue weighted by Gasteiger charge is 2.28. The SMILES string of the molecule is Cc1ccc(S(=O)(=O)n2cc(-c3ncc(F)c(N[C@H]4CCC[C@@H](NC(=O)OC(C)(C)C)C4)n3)c3cc(C#N)cc(F)c32)cc1. The van der Waals surface area contributed by atoms with Crippen LogP contribution in [0.1, 0.15) is 57.6 Å². The number of hydrogen-bond acceptors (Lipinski definition) is 8. The standard InChI is InChI=1S/C31H32F2N6O4S/c1-18-8-10-22(11-9-18)44(41,42)39-17-24(23-12-19(15-34)13-25(32)27(23)39)28-35-16-26(33)29(38-28)36-20-6-5-7-21(14-20)37-30(40)43-31(2,3)4/h8-13,16-17,20-21H,5-7,14H2,1-4H3,(H,37,40)(H,35,36,38)/t20-,21+/m0/s1. The van der Waals surface area contributed by atoms with Crippen LogP contribution < -0.4 is 10.6 Å². The molecule has 1 aliphatic rings. The Balaban J connectivity index is 1.50. The van der Waals surface area contributed by atoms with Gasteiger partial charge in [0.2, 0.25) is 0 Å². The predicted octanol–water partition coefficient (Wildman–Crippen LogP) is 6.04. The first-order valence-electron chi connectivity index (χ1n) is 14.1. The van der Waals surface area contributed by atoms with Crippen LogP contribution in [0.3, 0.4) is 0 Å². The summed E-state index contributed by atoms with van der Waals surface area (Å²) in [6.45, 7) is 7.14. The van der Waals surface area contributed by atoms with Crippen molar-refractivity contribution in [1.29, 1.82) is 5.26 Å². The number of anilines is 1. The quantitative estimate of drug-likeness (QED) is 0.265. The summed E-state index contributed by atoms with van der Waals surface area (Å²) >= 11 is 0. The molecule has 4 aromatic rings. The Morgan fingerprint density at radius 2 is 1.82 bits per heavy atom. The smallest absolute Gasteiger partial charge is 0.407 e. The van der Waals surface area contributed by atoms with E-state index in [9.17, 15) is 22.9 Å². The van der Waals surface area contributed by atoms with Gasteiger partial charge >= 0.3 is 6.09 Å². The second kappa shape index (κ2) is 11.8. The van der Waals surface area contributed by atoms with Gasteiger partial charge in [0.1, 0.15) is 16.9 Å². The summed E-state index contributed by atoms with van der Waals surface area (Å²) in [5, 5.41) is 15.5. The second-order valence-corrected chi connectivity index (χ2v) is 13.7. The highest BCUT2D eigenvalue weighted by molar-refractivity contribution is 7.90. The van der Waals surface area contributed by atoms with Crippen LogP contribution in [0.5, 0.6) is 0 Å². The van der Waals surface area contributed by atoms with Crippen molar-refractivity contribution in [3.8, 4) is 17.5 Å². The zero-order valence-electron chi connectivity index (χ0n) is 24.7. The van der Waals surface area contributed by atoms with Crippen molar-refractivity contribution in [3.63, 3.8) is 0 Å². The Morgan fingerprint density at radius 3 is 2.50 bits per heavy atom. The predicted molar refractivity (Wildman–Crippen MR) is 160 cm³/mol. The number of nitrogens with zero attached hydrogens (tertiary/aromatic N) is 4. The molecule has 13 heteroatoms. The Morgan fingerprint density at radius 1 is 1.11 bits per heavy atom. The zero-order chi connectivity index (χ0) is 31.8. The molecule has 2 aromatic heterocycles. The number of fused-ring (bicyclic) bond motifs is 1. The van der Waals surface area contributed by atoms with Gasteiger partial charge < -0.3 is 15.4 Å². The number of halogens is 2. The van der Waals surface area contributed by atoms with Crippen molar-refractivity contribution < 1.29 is 26.7 Å². The average Bonchev–Trinajstić information content (AvgIpc) is 3.34. The van der Waals surface area contributed by atoms with Crippen molar-refractivity contribution in [2.75, 3.05) is 5.32 Å². The summed E-state index contributed by atoms with van der Waals surface area (Å²) in [6, 6.07) is 9.84. The average molecular weight is 623 g/mol. The van der Waals surface area contributed by atoms with Crippen molar-refractivity contribution in [2.24, 2.45) is 0 Å². The number of benzene rings is 2. The first-order valence-corrected chi connectivity index (χ1v) is 15.5. The van der Waals surface area contributed by atoms with Gasteiger partial charge in [0.25, 0.3) is 10.0 Å². The molecule has 1 saturated carbocycles. The molecule has 230 valence electrons. The number of hydrogen-bond donors (Lipinski definition) is 2. The number of alkyl carbamates (subject to hydrolysis) is 1. The number of rotatable bonds is 6. The van der Waals surface area contributed by atoms with E-state index in [-0.39, 0.29) is 50.7 Å². The number of aryl methyl sites for hydroxylation is 1. The second-order valence-electron chi connectivity index (χ2n) is 11.9. The molecule has 1 aliphatic carbocycles. The normalized spacial score (nSPS) is 17.2. The zero-order valence-corrected chi connectivity index (χ0v) is 25.5. The summed E-state index contributed by atoms with van der Waals surface area (Å²) in [5.41, 5.74) is -0.0197. The highest BCUT2D eigenvalue weighted by atomic mass is 32.2. The topological polar surface area (TPSA) is 139 Å². The molecule has 5 rings (SSSR count). The molecule has 0 aliphatic heterocycles. The minimum atomic E-state index is -4.28. The third-order valence-corrected chi connectivity index (χ3v) is 8.92. The van der Waals surface area contributed by atoms with Crippen molar-refractivity contribution in [3.05, 3.63) is 71.6 Å². The van der Waals surface area contributed by atoms with Crippen molar-refractivity contribution in [1.82, 2.24) is 19.3 Å². The third-order valence-electron chi connectivity index (χ3n) is 7.25. The maximum atomic E-state index is 15.4. The summed E-state index contributed by atoms with van der Waals surface area (Å²) in [7, 11) is -4.28. The van der Waals surface area contributed by atoms with Crippen LogP contribution in [-0.4, -0.2) is 46.1 Å². The highest BCUT2D eigenvalue weighted by Crippen LogP contribution is 2.35. The molecule has 10 nitrogen and oxygen atoms in total. The van der Waals surface area contributed by atoms with Gasteiger partial charge in [-0.3, -0.25) is 0 Å². The van der Waals surface area contributed by atoms with E-state index >= 15 is 4.39 Å². The van der Waals surface area contributed by atoms with Crippen LogP contribution in [0.2, 0.25) is 0 Å².